The second kappa shape index (κ2) is 7.36. The van der Waals surface area contributed by atoms with Gasteiger partial charge in [-0.05, 0) is 30.7 Å². The highest BCUT2D eigenvalue weighted by molar-refractivity contribution is 7.27. The van der Waals surface area contributed by atoms with Crippen molar-refractivity contribution in [2.45, 2.75) is 20.0 Å². The maximum Gasteiger partial charge on any atom is 0.353 e. The normalized spacial score (nSPS) is 11.0. The Kier molecular flexibility index (Phi) is 5.14. The van der Waals surface area contributed by atoms with Crippen molar-refractivity contribution in [1.29, 1.82) is 0 Å². The van der Waals surface area contributed by atoms with E-state index < -0.39 is 28.6 Å². The Bertz CT molecular complexity index is 1180. The molecule has 2 heterocycles. The molecule has 0 aliphatic heterocycles. The van der Waals surface area contributed by atoms with Crippen molar-refractivity contribution in [3.05, 3.63) is 90.4 Å². The van der Waals surface area contributed by atoms with E-state index in [1.807, 2.05) is 0 Å². The van der Waals surface area contributed by atoms with Gasteiger partial charge >= 0.3 is 11.4 Å². The quantitative estimate of drug-likeness (QED) is 0.646. The molecule has 1 unspecified atom stereocenters. The summed E-state index contributed by atoms with van der Waals surface area (Å²) in [7, 11) is 2.08. The van der Waals surface area contributed by atoms with E-state index in [9.17, 15) is 23.2 Å². The monoisotopic (exact) mass is 392 g/mol. The van der Waals surface area contributed by atoms with E-state index >= 15 is 0 Å². The fourth-order valence-electron chi connectivity index (χ4n) is 2.64. The standard InChI is InChI=1S/C17H15F2N4O3P/c1-9-21-16(25)23(8-11-3-2-4-20-15(11)24)17(26)22(9)7-10-5-12(18)14(19)13(27)6-10/h2-6H,7-8,27H2,1H3,(H,20,24). The summed E-state index contributed by atoms with van der Waals surface area (Å²) in [5.74, 6) is -1.90. The summed E-state index contributed by atoms with van der Waals surface area (Å²) in [5.41, 5.74) is -1.38. The van der Waals surface area contributed by atoms with E-state index in [4.69, 9.17) is 0 Å². The van der Waals surface area contributed by atoms with Gasteiger partial charge in [-0.3, -0.25) is 9.36 Å². The highest BCUT2D eigenvalue weighted by Crippen LogP contribution is 2.10. The van der Waals surface area contributed by atoms with Gasteiger partial charge in [-0.1, -0.05) is 6.07 Å². The molecule has 0 fully saturated rings. The van der Waals surface area contributed by atoms with Crippen LogP contribution in [0.4, 0.5) is 8.78 Å². The molecule has 3 aromatic rings. The topological polar surface area (TPSA) is 89.8 Å². The first-order valence-electron chi connectivity index (χ1n) is 7.86. The van der Waals surface area contributed by atoms with Crippen LogP contribution in [0.25, 0.3) is 0 Å². The van der Waals surface area contributed by atoms with Gasteiger partial charge in [-0.15, -0.1) is 9.24 Å². The lowest BCUT2D eigenvalue weighted by Crippen LogP contribution is -2.44. The molecule has 140 valence electrons. The number of H-pyrrole nitrogens is 1. The summed E-state index contributed by atoms with van der Waals surface area (Å²) in [6.07, 6.45) is 1.43. The van der Waals surface area contributed by atoms with Crippen LogP contribution in [-0.4, -0.2) is 19.1 Å². The fraction of sp³-hybridized carbons (Fsp3) is 0.176. The molecule has 10 heteroatoms. The van der Waals surface area contributed by atoms with Crippen molar-refractivity contribution >= 4 is 14.5 Å². The zero-order chi connectivity index (χ0) is 19.7. The van der Waals surface area contributed by atoms with Crippen LogP contribution >= 0.6 is 9.24 Å². The number of nitrogens with zero attached hydrogens (tertiary/aromatic N) is 3. The van der Waals surface area contributed by atoms with E-state index in [0.717, 1.165) is 15.2 Å². The summed E-state index contributed by atoms with van der Waals surface area (Å²) in [6, 6.07) is 5.42. The van der Waals surface area contributed by atoms with Crippen molar-refractivity contribution in [1.82, 2.24) is 19.1 Å². The first-order valence-corrected chi connectivity index (χ1v) is 8.44. The van der Waals surface area contributed by atoms with Crippen LogP contribution in [0, 0.1) is 18.6 Å². The Morgan fingerprint density at radius 1 is 1.15 bits per heavy atom. The van der Waals surface area contributed by atoms with E-state index in [0.29, 0.717) is 5.56 Å². The van der Waals surface area contributed by atoms with Crippen molar-refractivity contribution in [3.8, 4) is 0 Å². The number of aromatic amines is 1. The zero-order valence-corrected chi connectivity index (χ0v) is 15.4. The highest BCUT2D eigenvalue weighted by Gasteiger charge is 2.14. The van der Waals surface area contributed by atoms with Crippen LogP contribution in [0.15, 0.2) is 44.8 Å². The minimum Gasteiger partial charge on any atom is -0.329 e. The Hall–Kier alpha value is -2.93. The molecule has 0 spiro atoms. The lowest BCUT2D eigenvalue weighted by Gasteiger charge is -2.13. The average molecular weight is 392 g/mol. The minimum atomic E-state index is -1.04. The van der Waals surface area contributed by atoms with Gasteiger partial charge in [0.25, 0.3) is 5.56 Å². The number of benzene rings is 1. The third-order valence-electron chi connectivity index (χ3n) is 4.03. The Morgan fingerprint density at radius 3 is 2.56 bits per heavy atom. The third-order valence-corrected chi connectivity index (χ3v) is 4.45. The second-order valence-electron chi connectivity index (χ2n) is 5.90. The minimum absolute atomic E-state index is 0.0211. The first kappa shape index (κ1) is 18.8. The number of hydrogen-bond donors (Lipinski definition) is 1. The molecular formula is C17H15F2N4O3P. The average Bonchev–Trinajstić information content (AvgIpc) is 2.61. The van der Waals surface area contributed by atoms with Crippen LogP contribution in [0.3, 0.4) is 0 Å². The number of rotatable bonds is 4. The largest absolute Gasteiger partial charge is 0.353 e. The van der Waals surface area contributed by atoms with E-state index in [1.54, 1.807) is 6.07 Å². The van der Waals surface area contributed by atoms with E-state index in [1.165, 1.54) is 25.3 Å². The maximum absolute atomic E-state index is 13.6. The molecule has 3 rings (SSSR count). The van der Waals surface area contributed by atoms with Gasteiger partial charge < -0.3 is 4.98 Å². The molecule has 1 aromatic carbocycles. The van der Waals surface area contributed by atoms with Crippen molar-refractivity contribution < 1.29 is 8.78 Å². The third kappa shape index (κ3) is 3.78. The van der Waals surface area contributed by atoms with E-state index in [-0.39, 0.29) is 29.8 Å². The second-order valence-corrected chi connectivity index (χ2v) is 6.52. The van der Waals surface area contributed by atoms with Gasteiger partial charge in [0.05, 0.1) is 13.1 Å². The summed E-state index contributed by atoms with van der Waals surface area (Å²) >= 11 is 0. The molecule has 0 aliphatic carbocycles. The zero-order valence-electron chi connectivity index (χ0n) is 14.2. The Balaban J connectivity index is 2.07. The molecule has 2 aromatic heterocycles. The molecular weight excluding hydrogens is 377 g/mol. The molecule has 0 radical (unpaired) electrons. The summed E-state index contributed by atoms with van der Waals surface area (Å²) in [5, 5.41) is 0.0211. The molecule has 0 saturated heterocycles. The van der Waals surface area contributed by atoms with Crippen LogP contribution in [0.1, 0.15) is 17.0 Å². The lowest BCUT2D eigenvalue weighted by molar-refractivity contribution is 0.510. The number of aromatic nitrogens is 4. The van der Waals surface area contributed by atoms with Crippen LogP contribution < -0.4 is 22.2 Å². The molecule has 27 heavy (non-hydrogen) atoms. The molecule has 0 aliphatic rings. The van der Waals surface area contributed by atoms with Crippen molar-refractivity contribution in [3.63, 3.8) is 0 Å². The lowest BCUT2D eigenvalue weighted by atomic mass is 10.2. The Labute approximate surface area is 153 Å². The van der Waals surface area contributed by atoms with E-state index in [2.05, 4.69) is 19.2 Å². The number of nitrogens with one attached hydrogen (secondary N) is 1. The van der Waals surface area contributed by atoms with Crippen LogP contribution in [-0.2, 0) is 13.1 Å². The summed E-state index contributed by atoms with van der Waals surface area (Å²) < 4.78 is 29.1. The molecule has 1 N–H and O–H groups in total. The number of hydrogen-bond acceptors (Lipinski definition) is 4. The van der Waals surface area contributed by atoms with Crippen molar-refractivity contribution in [2.24, 2.45) is 0 Å². The predicted octanol–water partition coefficient (Wildman–Crippen LogP) is 0.277. The van der Waals surface area contributed by atoms with Gasteiger partial charge in [0.15, 0.2) is 11.6 Å². The van der Waals surface area contributed by atoms with Gasteiger partial charge in [0.1, 0.15) is 5.82 Å². The molecule has 0 bridgehead atoms. The van der Waals surface area contributed by atoms with Gasteiger partial charge in [0.2, 0.25) is 0 Å². The van der Waals surface area contributed by atoms with Crippen molar-refractivity contribution in [2.75, 3.05) is 0 Å². The molecule has 0 saturated carbocycles. The smallest absolute Gasteiger partial charge is 0.329 e. The number of aryl methyl sites for hydroxylation is 1. The predicted molar refractivity (Wildman–Crippen MR) is 98.5 cm³/mol. The molecule has 0 amide bonds. The Morgan fingerprint density at radius 2 is 1.89 bits per heavy atom. The van der Waals surface area contributed by atoms with Crippen LogP contribution in [0.5, 0.6) is 0 Å². The fourth-order valence-corrected chi connectivity index (χ4v) is 2.99. The van der Waals surface area contributed by atoms with Gasteiger partial charge in [0, 0.05) is 17.1 Å². The van der Waals surface area contributed by atoms with Gasteiger partial charge in [-0.25, -0.2) is 22.9 Å². The highest BCUT2D eigenvalue weighted by atomic mass is 31.0. The summed E-state index contributed by atoms with van der Waals surface area (Å²) in [6.45, 7) is 1.10. The van der Waals surface area contributed by atoms with Crippen LogP contribution in [0.2, 0.25) is 0 Å². The summed E-state index contributed by atoms with van der Waals surface area (Å²) in [4.78, 5) is 43.0. The first-order chi connectivity index (χ1) is 12.8. The van der Waals surface area contributed by atoms with Gasteiger partial charge in [-0.2, -0.15) is 4.98 Å². The molecule has 1 atom stereocenters. The number of halogens is 2. The maximum atomic E-state index is 13.6. The molecule has 7 nitrogen and oxygen atoms in total. The number of pyridine rings is 1. The SMILES string of the molecule is Cc1nc(=O)n(Cc2ccc[nH]c2=O)c(=O)n1Cc1cc(F)c(F)c(P)c1.